The summed E-state index contributed by atoms with van der Waals surface area (Å²) < 4.78 is 30.7. The van der Waals surface area contributed by atoms with Crippen molar-refractivity contribution in [3.8, 4) is 11.3 Å². The summed E-state index contributed by atoms with van der Waals surface area (Å²) in [6, 6.07) is 13.9. The van der Waals surface area contributed by atoms with Gasteiger partial charge >= 0.3 is 5.78 Å². The smallest absolute Gasteiger partial charge is 0.310 e. The van der Waals surface area contributed by atoms with Crippen molar-refractivity contribution in [2.75, 3.05) is 0 Å². The molecule has 5 rings (SSSR count). The average Bonchev–Trinajstić information content (AvgIpc) is 3.10. The second-order valence-corrected chi connectivity index (χ2v) is 7.01. The Morgan fingerprint density at radius 1 is 1.03 bits per heavy atom. The molecule has 148 valence electrons. The van der Waals surface area contributed by atoms with E-state index in [4.69, 9.17) is 0 Å². The highest BCUT2D eigenvalue weighted by Crippen LogP contribution is 2.23. The first-order valence-corrected chi connectivity index (χ1v) is 9.32. The van der Waals surface area contributed by atoms with Crippen LogP contribution in [0.4, 0.5) is 8.78 Å². The molecule has 0 spiro atoms. The van der Waals surface area contributed by atoms with Crippen molar-refractivity contribution in [2.24, 2.45) is 0 Å². The monoisotopic (exact) mass is 404 g/mol. The van der Waals surface area contributed by atoms with Gasteiger partial charge in [0.1, 0.15) is 17.0 Å². The number of aromatic amines is 1. The van der Waals surface area contributed by atoms with Crippen LogP contribution in [-0.2, 0) is 6.54 Å². The molecular formula is C22H16F2N5O+. The molecular weight excluding hydrogens is 388 g/mol. The summed E-state index contributed by atoms with van der Waals surface area (Å²) in [6.07, 6.45) is 1.59. The number of rotatable bonds is 3. The van der Waals surface area contributed by atoms with Crippen LogP contribution in [0.5, 0.6) is 0 Å². The van der Waals surface area contributed by atoms with Gasteiger partial charge in [0.2, 0.25) is 5.82 Å². The van der Waals surface area contributed by atoms with Crippen molar-refractivity contribution in [3.63, 3.8) is 0 Å². The number of pyridine rings is 1. The summed E-state index contributed by atoms with van der Waals surface area (Å²) in [5.41, 5.74) is 1.67. The average molecular weight is 404 g/mol. The van der Waals surface area contributed by atoms with Crippen molar-refractivity contribution in [2.45, 2.75) is 13.5 Å². The van der Waals surface area contributed by atoms with Crippen LogP contribution in [0.1, 0.15) is 11.4 Å². The van der Waals surface area contributed by atoms with Crippen LogP contribution in [0.2, 0.25) is 0 Å². The van der Waals surface area contributed by atoms with Crippen molar-refractivity contribution in [1.82, 2.24) is 19.6 Å². The molecule has 0 radical (unpaired) electrons. The first-order valence-electron chi connectivity index (χ1n) is 9.32. The third-order valence-corrected chi connectivity index (χ3v) is 4.98. The number of aromatic nitrogens is 5. The number of nitrogens with zero attached hydrogens (tertiary/aromatic N) is 4. The fourth-order valence-corrected chi connectivity index (χ4v) is 3.58. The maximum Gasteiger partial charge on any atom is 0.458 e. The Hall–Kier alpha value is -3.94. The first kappa shape index (κ1) is 18.1. The third kappa shape index (κ3) is 2.93. The highest BCUT2D eigenvalue weighted by molar-refractivity contribution is 5.90. The molecule has 0 saturated carbocycles. The molecule has 0 aliphatic heterocycles. The molecule has 0 amide bonds. The minimum atomic E-state index is -0.379. The van der Waals surface area contributed by atoms with Gasteiger partial charge in [-0.05, 0) is 36.4 Å². The summed E-state index contributed by atoms with van der Waals surface area (Å²) in [7, 11) is 0. The lowest BCUT2D eigenvalue weighted by Gasteiger charge is -2.09. The Balaban J connectivity index is 1.82. The second-order valence-electron chi connectivity index (χ2n) is 7.01. The van der Waals surface area contributed by atoms with Crippen LogP contribution in [0.25, 0.3) is 27.9 Å². The van der Waals surface area contributed by atoms with Gasteiger partial charge < -0.3 is 4.57 Å². The summed E-state index contributed by atoms with van der Waals surface area (Å²) in [4.78, 5) is 22.3. The lowest BCUT2D eigenvalue weighted by Crippen LogP contribution is -2.32. The molecule has 5 aromatic rings. The van der Waals surface area contributed by atoms with E-state index >= 15 is 0 Å². The fraction of sp³-hybridized carbons (Fsp3) is 0.0909. The van der Waals surface area contributed by atoms with E-state index in [0.29, 0.717) is 39.3 Å². The number of H-pyrrole nitrogens is 1. The highest BCUT2D eigenvalue weighted by atomic mass is 19.1. The van der Waals surface area contributed by atoms with Crippen molar-refractivity contribution in [1.29, 1.82) is 0 Å². The number of fused-ring (bicyclic) bond motifs is 2. The summed E-state index contributed by atoms with van der Waals surface area (Å²) in [5.74, 6) is 0.255. The van der Waals surface area contributed by atoms with Crippen LogP contribution < -0.4 is 10.1 Å². The number of hydrogen-bond donors (Lipinski definition) is 1. The van der Waals surface area contributed by atoms with Gasteiger partial charge in [0, 0.05) is 24.2 Å². The number of benzene rings is 2. The molecule has 3 heterocycles. The Labute approximate surface area is 169 Å². The van der Waals surface area contributed by atoms with Gasteiger partial charge in [-0.1, -0.05) is 28.2 Å². The van der Waals surface area contributed by atoms with E-state index < -0.39 is 0 Å². The SMILES string of the molecule is Cc1nc2nc3ccn(Cc4ccccc4F)c(=O)c3c(-c3ccc(F)cc3)[n+]2[nH]1. The molecule has 0 aliphatic rings. The molecule has 1 N–H and O–H groups in total. The van der Waals surface area contributed by atoms with E-state index in [0.717, 1.165) is 0 Å². The maximum absolute atomic E-state index is 14.1. The number of aryl methyl sites for hydroxylation is 1. The summed E-state index contributed by atoms with van der Waals surface area (Å²) in [6.45, 7) is 1.86. The standard InChI is InChI=1S/C22H15F2N5O/c1-13-25-22-26-18-10-11-28(12-15-4-2-3-5-17(15)24)21(30)19(18)20(29(22)27-13)14-6-8-16(23)9-7-14/h2-11H,12H2,1H3/p+1. The largest absolute Gasteiger partial charge is 0.458 e. The molecule has 2 aromatic carbocycles. The molecule has 0 saturated heterocycles. The first-order chi connectivity index (χ1) is 14.5. The van der Waals surface area contributed by atoms with Crippen LogP contribution >= 0.6 is 0 Å². The molecule has 0 aliphatic carbocycles. The fourth-order valence-electron chi connectivity index (χ4n) is 3.58. The molecule has 0 fully saturated rings. The summed E-state index contributed by atoms with van der Waals surface area (Å²) >= 11 is 0. The molecule has 6 nitrogen and oxygen atoms in total. The van der Waals surface area contributed by atoms with E-state index in [1.165, 1.54) is 22.8 Å². The van der Waals surface area contributed by atoms with Crippen LogP contribution in [-0.4, -0.2) is 19.6 Å². The summed E-state index contributed by atoms with van der Waals surface area (Å²) in [5, 5.41) is 3.41. The number of halogens is 2. The maximum atomic E-state index is 14.1. The zero-order valence-electron chi connectivity index (χ0n) is 15.9. The second kappa shape index (κ2) is 6.84. The topological polar surface area (TPSA) is 67.7 Å². The lowest BCUT2D eigenvalue weighted by atomic mass is 10.1. The van der Waals surface area contributed by atoms with Gasteiger partial charge in [0.05, 0.1) is 6.54 Å². The van der Waals surface area contributed by atoms with Crippen molar-refractivity contribution >= 4 is 16.7 Å². The Morgan fingerprint density at radius 3 is 2.57 bits per heavy atom. The molecule has 8 heteroatoms. The highest BCUT2D eigenvalue weighted by Gasteiger charge is 2.24. The van der Waals surface area contributed by atoms with Crippen LogP contribution in [0, 0.1) is 18.6 Å². The van der Waals surface area contributed by atoms with Gasteiger partial charge in [0.15, 0.2) is 11.2 Å². The van der Waals surface area contributed by atoms with Crippen molar-refractivity contribution in [3.05, 3.63) is 94.2 Å². The Bertz CT molecular complexity index is 1470. The van der Waals surface area contributed by atoms with Crippen molar-refractivity contribution < 1.29 is 13.3 Å². The normalized spacial score (nSPS) is 11.4. The molecule has 0 unspecified atom stereocenters. The Kier molecular flexibility index (Phi) is 4.13. The molecule has 3 aromatic heterocycles. The van der Waals surface area contributed by atoms with E-state index in [9.17, 15) is 13.6 Å². The van der Waals surface area contributed by atoms with Gasteiger partial charge in [-0.2, -0.15) is 0 Å². The molecule has 0 bridgehead atoms. The van der Waals surface area contributed by atoms with E-state index in [2.05, 4.69) is 15.1 Å². The zero-order chi connectivity index (χ0) is 20.8. The van der Waals surface area contributed by atoms with E-state index in [1.54, 1.807) is 54.0 Å². The minimum absolute atomic E-state index is 0.0784. The van der Waals surface area contributed by atoms with E-state index in [1.807, 2.05) is 0 Å². The lowest BCUT2D eigenvalue weighted by molar-refractivity contribution is -0.567. The van der Waals surface area contributed by atoms with Gasteiger partial charge in [-0.25, -0.2) is 13.9 Å². The van der Waals surface area contributed by atoms with Gasteiger partial charge in [0.25, 0.3) is 5.56 Å². The minimum Gasteiger partial charge on any atom is -0.310 e. The van der Waals surface area contributed by atoms with E-state index in [-0.39, 0.29) is 23.7 Å². The number of nitrogens with one attached hydrogen (secondary N) is 1. The Morgan fingerprint density at radius 2 is 1.80 bits per heavy atom. The van der Waals surface area contributed by atoms with Crippen LogP contribution in [0.3, 0.4) is 0 Å². The van der Waals surface area contributed by atoms with Crippen LogP contribution in [0.15, 0.2) is 65.6 Å². The molecule has 0 atom stereocenters. The molecule has 30 heavy (non-hydrogen) atoms. The predicted molar refractivity (Wildman–Crippen MR) is 107 cm³/mol. The quantitative estimate of drug-likeness (QED) is 0.470. The van der Waals surface area contributed by atoms with Gasteiger partial charge in [-0.3, -0.25) is 4.79 Å². The predicted octanol–water partition coefficient (Wildman–Crippen LogP) is 3.16. The third-order valence-electron chi connectivity index (χ3n) is 4.98. The van der Waals surface area contributed by atoms with Gasteiger partial charge in [-0.15, -0.1) is 4.52 Å². The number of hydrogen-bond acceptors (Lipinski definition) is 3. The zero-order valence-corrected chi connectivity index (χ0v) is 15.9.